The van der Waals surface area contributed by atoms with Crippen LogP contribution in [0.2, 0.25) is 0 Å². The van der Waals surface area contributed by atoms with Gasteiger partial charge in [0.15, 0.2) is 0 Å². The molecule has 0 N–H and O–H groups in total. The molecule has 2 aromatic rings. The minimum absolute atomic E-state index is 0.619. The molecule has 0 amide bonds. The number of hydrogen-bond donors (Lipinski definition) is 0. The molecule has 0 aromatic heterocycles. The zero-order valence-electron chi connectivity index (χ0n) is 15.3. The van der Waals surface area contributed by atoms with Crippen LogP contribution in [0.25, 0.3) is 5.57 Å². The van der Waals surface area contributed by atoms with E-state index in [-0.39, 0.29) is 0 Å². The number of hydrogen-bond acceptors (Lipinski definition) is 1. The summed E-state index contributed by atoms with van der Waals surface area (Å²) in [7, 11) is 0. The average Bonchev–Trinajstić information content (AvgIpc) is 2.89. The van der Waals surface area contributed by atoms with Crippen molar-refractivity contribution in [2.45, 2.75) is 64.1 Å². The van der Waals surface area contributed by atoms with Gasteiger partial charge in [0, 0.05) is 18.6 Å². The first-order valence-corrected chi connectivity index (χ1v) is 9.93. The highest BCUT2D eigenvalue weighted by atomic mass is 15.2. The van der Waals surface area contributed by atoms with E-state index in [0.29, 0.717) is 12.1 Å². The fourth-order valence-corrected chi connectivity index (χ4v) is 4.44. The molecule has 130 valence electrons. The monoisotopic (exact) mass is 331 g/mol. The van der Waals surface area contributed by atoms with Crippen molar-refractivity contribution in [3.63, 3.8) is 0 Å². The Labute approximate surface area is 152 Å². The van der Waals surface area contributed by atoms with Crippen molar-refractivity contribution in [1.82, 2.24) is 4.90 Å². The molecular formula is C24H29N. The quantitative estimate of drug-likeness (QED) is 0.642. The Morgan fingerprint density at radius 2 is 1.72 bits per heavy atom. The highest BCUT2D eigenvalue weighted by molar-refractivity contribution is 5.68. The lowest BCUT2D eigenvalue weighted by molar-refractivity contribution is 0.203. The van der Waals surface area contributed by atoms with Crippen molar-refractivity contribution in [2.75, 3.05) is 0 Å². The third-order valence-electron chi connectivity index (χ3n) is 5.89. The number of unbranched alkanes of at least 4 members (excludes halogenated alkanes) is 1. The van der Waals surface area contributed by atoms with E-state index < -0.39 is 0 Å². The van der Waals surface area contributed by atoms with E-state index in [0.717, 1.165) is 6.54 Å². The van der Waals surface area contributed by atoms with Gasteiger partial charge in [0.2, 0.25) is 0 Å². The van der Waals surface area contributed by atoms with Gasteiger partial charge in [0.25, 0.3) is 0 Å². The highest BCUT2D eigenvalue weighted by Gasteiger charge is 2.36. The Balaban J connectivity index is 1.47. The second-order valence-electron chi connectivity index (χ2n) is 7.65. The van der Waals surface area contributed by atoms with Crippen LogP contribution in [0.3, 0.4) is 0 Å². The maximum atomic E-state index is 2.72. The second-order valence-corrected chi connectivity index (χ2v) is 7.65. The lowest BCUT2D eigenvalue weighted by Gasteiger charge is -2.34. The van der Waals surface area contributed by atoms with Crippen LogP contribution in [-0.4, -0.2) is 17.0 Å². The van der Waals surface area contributed by atoms with E-state index >= 15 is 0 Å². The molecule has 2 bridgehead atoms. The molecule has 4 rings (SSSR count). The topological polar surface area (TPSA) is 3.24 Å². The zero-order valence-corrected chi connectivity index (χ0v) is 15.3. The molecule has 2 atom stereocenters. The molecule has 25 heavy (non-hydrogen) atoms. The molecule has 2 unspecified atom stereocenters. The van der Waals surface area contributed by atoms with Gasteiger partial charge in [-0.3, -0.25) is 4.90 Å². The highest BCUT2D eigenvalue weighted by Crippen LogP contribution is 2.39. The van der Waals surface area contributed by atoms with Crippen molar-refractivity contribution in [3.05, 3.63) is 77.4 Å². The average molecular weight is 332 g/mol. The number of nitrogens with zero attached hydrogens (tertiary/aromatic N) is 1. The standard InChI is InChI=1S/C24H29N/c1-2-3-7-19-10-12-21(13-11-19)22-16-23-14-15-24(17-22)25(23)18-20-8-5-4-6-9-20/h4-6,8-13,16,23-24H,2-3,7,14-15,17-18H2,1H3. The maximum absolute atomic E-state index is 2.72. The van der Waals surface area contributed by atoms with Crippen molar-refractivity contribution < 1.29 is 0 Å². The van der Waals surface area contributed by atoms with Gasteiger partial charge in [-0.1, -0.05) is 74.0 Å². The van der Waals surface area contributed by atoms with Gasteiger partial charge in [-0.05, 0) is 54.4 Å². The summed E-state index contributed by atoms with van der Waals surface area (Å²) in [5.41, 5.74) is 5.93. The van der Waals surface area contributed by atoms with Gasteiger partial charge >= 0.3 is 0 Å². The van der Waals surface area contributed by atoms with Gasteiger partial charge in [-0.15, -0.1) is 0 Å². The third-order valence-corrected chi connectivity index (χ3v) is 5.89. The zero-order chi connectivity index (χ0) is 17.1. The predicted molar refractivity (Wildman–Crippen MR) is 106 cm³/mol. The lowest BCUT2D eigenvalue weighted by Crippen LogP contribution is -2.37. The number of fused-ring (bicyclic) bond motifs is 2. The first-order valence-electron chi connectivity index (χ1n) is 9.93. The number of aryl methyl sites for hydroxylation is 1. The summed E-state index contributed by atoms with van der Waals surface area (Å²) in [5.74, 6) is 0. The van der Waals surface area contributed by atoms with Crippen LogP contribution >= 0.6 is 0 Å². The smallest absolute Gasteiger partial charge is 0.0291 e. The molecule has 1 nitrogen and oxygen atoms in total. The molecular weight excluding hydrogens is 302 g/mol. The summed E-state index contributed by atoms with van der Waals surface area (Å²) in [6.45, 7) is 3.36. The minimum atomic E-state index is 0.619. The Bertz CT molecular complexity index is 714. The van der Waals surface area contributed by atoms with E-state index in [1.54, 1.807) is 5.57 Å². The molecule has 0 saturated carbocycles. The molecule has 0 spiro atoms. The summed E-state index contributed by atoms with van der Waals surface area (Å²) in [6, 6.07) is 21.6. The summed E-state index contributed by atoms with van der Waals surface area (Å²) in [5, 5.41) is 0. The predicted octanol–water partition coefficient (Wildman–Crippen LogP) is 5.85. The maximum Gasteiger partial charge on any atom is 0.0291 e. The molecule has 2 aromatic carbocycles. The van der Waals surface area contributed by atoms with Crippen LogP contribution in [0.1, 0.15) is 55.7 Å². The van der Waals surface area contributed by atoms with Crippen LogP contribution in [0.4, 0.5) is 0 Å². The normalized spacial score (nSPS) is 22.8. The van der Waals surface area contributed by atoms with Gasteiger partial charge < -0.3 is 0 Å². The van der Waals surface area contributed by atoms with Gasteiger partial charge in [-0.2, -0.15) is 0 Å². The Morgan fingerprint density at radius 3 is 2.44 bits per heavy atom. The summed E-state index contributed by atoms with van der Waals surface area (Å²) < 4.78 is 0. The Morgan fingerprint density at radius 1 is 0.920 bits per heavy atom. The fourth-order valence-electron chi connectivity index (χ4n) is 4.44. The van der Waals surface area contributed by atoms with Crippen LogP contribution in [-0.2, 0) is 13.0 Å². The van der Waals surface area contributed by atoms with Crippen LogP contribution in [0.5, 0.6) is 0 Å². The molecule has 0 aliphatic carbocycles. The van der Waals surface area contributed by atoms with Crippen molar-refractivity contribution in [1.29, 1.82) is 0 Å². The van der Waals surface area contributed by atoms with E-state index in [1.807, 2.05) is 0 Å². The molecule has 1 saturated heterocycles. The van der Waals surface area contributed by atoms with Crippen LogP contribution in [0.15, 0.2) is 60.7 Å². The first kappa shape index (κ1) is 16.6. The van der Waals surface area contributed by atoms with E-state index in [9.17, 15) is 0 Å². The molecule has 1 heteroatoms. The van der Waals surface area contributed by atoms with E-state index in [1.165, 1.54) is 55.2 Å². The minimum Gasteiger partial charge on any atom is -0.289 e. The van der Waals surface area contributed by atoms with E-state index in [2.05, 4.69) is 72.5 Å². The molecule has 2 aliphatic heterocycles. The van der Waals surface area contributed by atoms with Gasteiger partial charge in [-0.25, -0.2) is 0 Å². The SMILES string of the molecule is CCCCc1ccc(C2=CC3CCC(C2)N3Cc2ccccc2)cc1. The van der Waals surface area contributed by atoms with Gasteiger partial charge in [0.1, 0.15) is 0 Å². The Hall–Kier alpha value is -1.86. The fraction of sp³-hybridized carbons (Fsp3) is 0.417. The van der Waals surface area contributed by atoms with Crippen LogP contribution < -0.4 is 0 Å². The molecule has 2 aliphatic rings. The summed E-state index contributed by atoms with van der Waals surface area (Å²) in [6.07, 6.45) is 10.2. The largest absolute Gasteiger partial charge is 0.289 e. The lowest BCUT2D eigenvalue weighted by atomic mass is 9.93. The molecule has 1 fully saturated rings. The number of benzene rings is 2. The summed E-state index contributed by atoms with van der Waals surface area (Å²) >= 11 is 0. The first-order chi connectivity index (χ1) is 12.3. The van der Waals surface area contributed by atoms with Crippen molar-refractivity contribution in [3.8, 4) is 0 Å². The molecule has 2 heterocycles. The third kappa shape index (κ3) is 3.72. The summed E-state index contributed by atoms with van der Waals surface area (Å²) in [4.78, 5) is 2.72. The van der Waals surface area contributed by atoms with Crippen LogP contribution in [0, 0.1) is 0 Å². The Kier molecular flexibility index (Phi) is 5.03. The van der Waals surface area contributed by atoms with Crippen molar-refractivity contribution in [2.24, 2.45) is 0 Å². The number of rotatable bonds is 6. The van der Waals surface area contributed by atoms with Crippen molar-refractivity contribution >= 4 is 5.57 Å². The second kappa shape index (κ2) is 7.58. The molecule has 0 radical (unpaired) electrons. The van der Waals surface area contributed by atoms with E-state index in [4.69, 9.17) is 0 Å². The van der Waals surface area contributed by atoms with Gasteiger partial charge in [0.05, 0.1) is 0 Å².